The van der Waals surface area contributed by atoms with E-state index in [-0.39, 0.29) is 24.3 Å². The molecule has 1 fully saturated rings. The van der Waals surface area contributed by atoms with E-state index in [1.54, 1.807) is 46.0 Å². The second-order valence-electron chi connectivity index (χ2n) is 6.98. The first kappa shape index (κ1) is 19.1. The molecule has 2 amide bonds. The largest absolute Gasteiger partial charge is 0.467 e. The molecule has 0 saturated carbocycles. The van der Waals surface area contributed by atoms with Gasteiger partial charge in [0.25, 0.3) is 0 Å². The molecule has 0 unspecified atom stereocenters. The SMILES string of the molecule is C[C@H]1CSC(N(C(=O)[C@@H]2CC(=O)N(Cc3ccco3)C2)c2ccc(Cl)cc2)=N1. The monoisotopic (exact) mass is 417 g/mol. The van der Waals surface area contributed by atoms with E-state index in [9.17, 15) is 9.59 Å². The van der Waals surface area contributed by atoms with Crippen molar-refractivity contribution in [2.75, 3.05) is 17.2 Å². The Balaban J connectivity index is 1.56. The zero-order chi connectivity index (χ0) is 19.7. The first-order chi connectivity index (χ1) is 13.5. The van der Waals surface area contributed by atoms with Gasteiger partial charge in [-0.05, 0) is 43.3 Å². The summed E-state index contributed by atoms with van der Waals surface area (Å²) in [6, 6.07) is 10.9. The molecule has 0 spiro atoms. The number of hydrogen-bond donors (Lipinski definition) is 0. The van der Waals surface area contributed by atoms with Gasteiger partial charge in [-0.15, -0.1) is 0 Å². The lowest BCUT2D eigenvalue weighted by Crippen LogP contribution is -2.40. The normalized spacial score (nSPS) is 21.9. The molecule has 4 rings (SSSR count). The van der Waals surface area contributed by atoms with Gasteiger partial charge in [-0.25, -0.2) is 0 Å². The van der Waals surface area contributed by atoms with E-state index in [4.69, 9.17) is 16.0 Å². The maximum atomic E-state index is 13.4. The summed E-state index contributed by atoms with van der Waals surface area (Å²) in [7, 11) is 0. The molecule has 1 saturated heterocycles. The molecule has 0 N–H and O–H groups in total. The van der Waals surface area contributed by atoms with E-state index < -0.39 is 5.92 Å². The van der Waals surface area contributed by atoms with Crippen LogP contribution in [0.2, 0.25) is 5.02 Å². The topological polar surface area (TPSA) is 66.1 Å². The zero-order valence-electron chi connectivity index (χ0n) is 15.4. The first-order valence-electron chi connectivity index (χ1n) is 9.11. The molecule has 1 aromatic heterocycles. The molecule has 146 valence electrons. The number of likely N-dealkylation sites (tertiary alicyclic amines) is 1. The number of amides is 2. The van der Waals surface area contributed by atoms with E-state index in [2.05, 4.69) is 4.99 Å². The Bertz CT molecular complexity index is 898. The van der Waals surface area contributed by atoms with E-state index in [1.165, 1.54) is 0 Å². The second kappa shape index (κ2) is 8.01. The number of carbonyl (C=O) groups is 2. The van der Waals surface area contributed by atoms with Crippen molar-refractivity contribution in [1.29, 1.82) is 0 Å². The molecule has 28 heavy (non-hydrogen) atoms. The molecular formula is C20H20ClN3O3S. The van der Waals surface area contributed by atoms with Crippen LogP contribution in [0.4, 0.5) is 5.69 Å². The third-order valence-electron chi connectivity index (χ3n) is 4.77. The van der Waals surface area contributed by atoms with Crippen LogP contribution in [0.5, 0.6) is 0 Å². The van der Waals surface area contributed by atoms with Crippen LogP contribution < -0.4 is 4.90 Å². The van der Waals surface area contributed by atoms with Crippen LogP contribution in [0.1, 0.15) is 19.1 Å². The number of nitrogens with zero attached hydrogens (tertiary/aromatic N) is 3. The van der Waals surface area contributed by atoms with Crippen molar-refractivity contribution in [3.63, 3.8) is 0 Å². The molecule has 3 heterocycles. The molecule has 8 heteroatoms. The number of aliphatic imine (C=N–C) groups is 1. The lowest BCUT2D eigenvalue weighted by molar-refractivity contribution is -0.129. The summed E-state index contributed by atoms with van der Waals surface area (Å²) in [5, 5.41) is 1.28. The second-order valence-corrected chi connectivity index (χ2v) is 8.40. The van der Waals surface area contributed by atoms with Crippen molar-refractivity contribution < 1.29 is 14.0 Å². The van der Waals surface area contributed by atoms with Crippen LogP contribution in [0.25, 0.3) is 0 Å². The van der Waals surface area contributed by atoms with Crippen LogP contribution in [0.15, 0.2) is 52.1 Å². The number of hydrogen-bond acceptors (Lipinski definition) is 5. The highest BCUT2D eigenvalue weighted by atomic mass is 35.5. The van der Waals surface area contributed by atoms with Crippen molar-refractivity contribution in [2.24, 2.45) is 10.9 Å². The van der Waals surface area contributed by atoms with Crippen molar-refractivity contribution in [1.82, 2.24) is 4.90 Å². The molecule has 0 bridgehead atoms. The third kappa shape index (κ3) is 3.95. The maximum absolute atomic E-state index is 13.4. The standard InChI is InChI=1S/C20H20ClN3O3S/c1-13-12-28-20(22-13)24(16-6-4-15(21)5-7-16)19(26)14-9-18(25)23(10-14)11-17-3-2-8-27-17/h2-8,13-14H,9-12H2,1H3/t13-,14+/m0/s1. The van der Waals surface area contributed by atoms with Crippen LogP contribution in [0.3, 0.4) is 0 Å². The predicted molar refractivity (Wildman–Crippen MR) is 111 cm³/mol. The Labute approximate surface area is 172 Å². The number of thioether (sulfide) groups is 1. The molecular weight excluding hydrogens is 398 g/mol. The molecule has 2 atom stereocenters. The summed E-state index contributed by atoms with van der Waals surface area (Å²) in [5.41, 5.74) is 0.715. The molecule has 2 aliphatic rings. The highest BCUT2D eigenvalue weighted by molar-refractivity contribution is 8.14. The van der Waals surface area contributed by atoms with Crippen LogP contribution in [0, 0.1) is 5.92 Å². The van der Waals surface area contributed by atoms with Crippen LogP contribution >= 0.6 is 23.4 Å². The molecule has 2 aliphatic heterocycles. The Morgan fingerprint density at radius 1 is 1.36 bits per heavy atom. The van der Waals surface area contributed by atoms with Gasteiger partial charge in [0.15, 0.2) is 5.17 Å². The molecule has 6 nitrogen and oxygen atoms in total. The van der Waals surface area contributed by atoms with Gasteiger partial charge in [0.05, 0.1) is 30.5 Å². The summed E-state index contributed by atoms with van der Waals surface area (Å²) < 4.78 is 5.34. The lowest BCUT2D eigenvalue weighted by Gasteiger charge is -2.25. The first-order valence-corrected chi connectivity index (χ1v) is 10.5. The number of halogens is 1. The quantitative estimate of drug-likeness (QED) is 0.758. The number of anilines is 1. The van der Waals surface area contributed by atoms with Gasteiger partial charge in [0.2, 0.25) is 11.8 Å². The Kier molecular flexibility index (Phi) is 5.46. The molecule has 0 aliphatic carbocycles. The Morgan fingerprint density at radius 2 is 2.14 bits per heavy atom. The van der Waals surface area contributed by atoms with Gasteiger partial charge in [-0.3, -0.25) is 19.5 Å². The predicted octanol–water partition coefficient (Wildman–Crippen LogP) is 3.81. The minimum Gasteiger partial charge on any atom is -0.467 e. The third-order valence-corrected chi connectivity index (χ3v) is 6.22. The van der Waals surface area contributed by atoms with Crippen molar-refractivity contribution >= 4 is 46.0 Å². The van der Waals surface area contributed by atoms with E-state index in [0.29, 0.717) is 34.7 Å². The highest BCUT2D eigenvalue weighted by Crippen LogP contribution is 2.31. The number of carbonyl (C=O) groups excluding carboxylic acids is 2. The van der Waals surface area contributed by atoms with Gasteiger partial charge in [0.1, 0.15) is 5.76 Å². The average Bonchev–Trinajstić information content (AvgIpc) is 3.41. The molecule has 1 aromatic carbocycles. The number of benzene rings is 1. The Hall–Kier alpha value is -2.25. The van der Waals surface area contributed by atoms with Crippen molar-refractivity contribution in [3.05, 3.63) is 53.4 Å². The van der Waals surface area contributed by atoms with Crippen molar-refractivity contribution in [3.8, 4) is 0 Å². The average molecular weight is 418 g/mol. The van der Waals surface area contributed by atoms with Crippen molar-refractivity contribution in [2.45, 2.75) is 25.9 Å². The highest BCUT2D eigenvalue weighted by Gasteiger charge is 2.39. The zero-order valence-corrected chi connectivity index (χ0v) is 16.9. The summed E-state index contributed by atoms with van der Waals surface area (Å²) in [5.74, 6) is 0.969. The fraction of sp³-hybridized carbons (Fsp3) is 0.350. The number of furan rings is 1. The Morgan fingerprint density at radius 3 is 2.79 bits per heavy atom. The van der Waals surface area contributed by atoms with Gasteiger partial charge in [-0.2, -0.15) is 0 Å². The summed E-state index contributed by atoms with van der Waals surface area (Å²) in [6.07, 6.45) is 1.77. The van der Waals surface area contributed by atoms with Gasteiger partial charge >= 0.3 is 0 Å². The van der Waals surface area contributed by atoms with E-state index >= 15 is 0 Å². The fourth-order valence-corrected chi connectivity index (χ4v) is 4.54. The van der Waals surface area contributed by atoms with Gasteiger partial charge < -0.3 is 9.32 Å². The minimum atomic E-state index is -0.419. The van der Waals surface area contributed by atoms with Gasteiger partial charge in [-0.1, -0.05) is 23.4 Å². The minimum absolute atomic E-state index is 0.0415. The summed E-state index contributed by atoms with van der Waals surface area (Å²) in [6.45, 7) is 2.77. The molecule has 0 radical (unpaired) electrons. The number of amidine groups is 1. The maximum Gasteiger partial charge on any atom is 0.238 e. The van der Waals surface area contributed by atoms with Crippen LogP contribution in [-0.4, -0.2) is 40.2 Å². The van der Waals surface area contributed by atoms with Crippen LogP contribution in [-0.2, 0) is 16.1 Å². The summed E-state index contributed by atoms with van der Waals surface area (Å²) >= 11 is 7.57. The lowest BCUT2D eigenvalue weighted by atomic mass is 10.1. The fourth-order valence-electron chi connectivity index (χ4n) is 3.37. The smallest absolute Gasteiger partial charge is 0.238 e. The van der Waals surface area contributed by atoms with Gasteiger partial charge in [0, 0.05) is 23.7 Å². The molecule has 2 aromatic rings. The van der Waals surface area contributed by atoms with E-state index in [0.717, 1.165) is 5.75 Å². The number of rotatable bonds is 4. The summed E-state index contributed by atoms with van der Waals surface area (Å²) in [4.78, 5) is 33.8. The van der Waals surface area contributed by atoms with E-state index in [1.807, 2.05) is 25.1 Å².